The molecule has 0 aromatic carbocycles. The Kier molecular flexibility index (Phi) is 3.57. The number of hydrogen-bond donors (Lipinski definition) is 1. The molecule has 18 heavy (non-hydrogen) atoms. The van der Waals surface area contributed by atoms with Crippen LogP contribution in [0.2, 0.25) is 0 Å². The van der Waals surface area contributed by atoms with Crippen LogP contribution in [0.5, 0.6) is 0 Å². The molecule has 6 heteroatoms. The summed E-state index contributed by atoms with van der Waals surface area (Å²) in [6.45, 7) is 6.30. The second-order valence-corrected chi connectivity index (χ2v) is 8.55. The number of sulfonamides is 1. The van der Waals surface area contributed by atoms with Gasteiger partial charge in [-0.25, -0.2) is 8.42 Å². The molecular weight excluding hydrogens is 270 g/mol. The van der Waals surface area contributed by atoms with E-state index in [1.54, 1.807) is 13.0 Å². The van der Waals surface area contributed by atoms with Crippen LogP contribution in [0.1, 0.15) is 29.5 Å². The number of piperidine rings is 1. The van der Waals surface area contributed by atoms with Crippen LogP contribution >= 0.6 is 11.3 Å². The molecule has 0 saturated carbocycles. The van der Waals surface area contributed by atoms with Crippen molar-refractivity contribution >= 4 is 21.4 Å². The van der Waals surface area contributed by atoms with E-state index in [0.717, 1.165) is 9.75 Å². The Morgan fingerprint density at radius 2 is 1.89 bits per heavy atom. The van der Waals surface area contributed by atoms with Gasteiger partial charge in [-0.3, -0.25) is 0 Å². The van der Waals surface area contributed by atoms with Crippen LogP contribution in [0.4, 0.5) is 0 Å². The van der Waals surface area contributed by atoms with E-state index >= 15 is 0 Å². The molecule has 1 aromatic rings. The van der Waals surface area contributed by atoms with Crippen molar-refractivity contribution in [2.75, 3.05) is 13.1 Å². The van der Waals surface area contributed by atoms with Gasteiger partial charge in [-0.05, 0) is 39.7 Å². The van der Waals surface area contributed by atoms with E-state index in [1.807, 2.05) is 13.8 Å². The van der Waals surface area contributed by atoms with Crippen molar-refractivity contribution in [3.8, 4) is 0 Å². The summed E-state index contributed by atoms with van der Waals surface area (Å²) in [5.41, 5.74) is -0.731. The van der Waals surface area contributed by atoms with Crippen LogP contribution in [0.3, 0.4) is 0 Å². The fourth-order valence-electron chi connectivity index (χ4n) is 2.21. The summed E-state index contributed by atoms with van der Waals surface area (Å²) < 4.78 is 26.5. The quantitative estimate of drug-likeness (QED) is 0.904. The maximum Gasteiger partial charge on any atom is 0.244 e. The number of aliphatic hydroxyl groups is 1. The molecule has 1 aliphatic rings. The average Bonchev–Trinajstić information content (AvgIpc) is 2.58. The number of aryl methyl sites for hydroxylation is 2. The molecule has 1 N–H and O–H groups in total. The first-order valence-corrected chi connectivity index (χ1v) is 8.28. The standard InChI is InChI=1S/C12H19NO3S2/c1-9-8-11(10(2)17-9)18(15,16)13-6-4-12(3,14)5-7-13/h8,14H,4-7H2,1-3H3. The van der Waals surface area contributed by atoms with Gasteiger partial charge < -0.3 is 5.11 Å². The largest absolute Gasteiger partial charge is 0.390 e. The Morgan fingerprint density at radius 3 is 2.33 bits per heavy atom. The lowest BCUT2D eigenvalue weighted by Crippen LogP contribution is -2.45. The lowest BCUT2D eigenvalue weighted by atomic mass is 9.95. The molecule has 0 bridgehead atoms. The highest BCUT2D eigenvalue weighted by Gasteiger charge is 2.35. The van der Waals surface area contributed by atoms with E-state index in [-0.39, 0.29) is 0 Å². The second kappa shape index (κ2) is 4.59. The predicted octanol–water partition coefficient (Wildman–Crippen LogP) is 1.90. The van der Waals surface area contributed by atoms with Crippen LogP contribution in [0.25, 0.3) is 0 Å². The van der Waals surface area contributed by atoms with Crippen molar-refractivity contribution in [3.05, 3.63) is 15.8 Å². The number of rotatable bonds is 2. The summed E-state index contributed by atoms with van der Waals surface area (Å²) in [6, 6.07) is 1.74. The third-order valence-electron chi connectivity index (χ3n) is 3.41. The average molecular weight is 289 g/mol. The van der Waals surface area contributed by atoms with Crippen LogP contribution < -0.4 is 0 Å². The van der Waals surface area contributed by atoms with Gasteiger partial charge in [-0.2, -0.15) is 4.31 Å². The molecule has 102 valence electrons. The van der Waals surface area contributed by atoms with Gasteiger partial charge in [0.1, 0.15) is 0 Å². The van der Waals surface area contributed by atoms with Gasteiger partial charge in [0, 0.05) is 22.8 Å². The molecule has 1 aromatic heterocycles. The molecule has 1 saturated heterocycles. The van der Waals surface area contributed by atoms with Gasteiger partial charge in [-0.1, -0.05) is 0 Å². The Balaban J connectivity index is 2.25. The van der Waals surface area contributed by atoms with E-state index in [2.05, 4.69) is 0 Å². The lowest BCUT2D eigenvalue weighted by Gasteiger charge is -2.34. The number of thiophene rings is 1. The number of hydrogen-bond acceptors (Lipinski definition) is 4. The highest BCUT2D eigenvalue weighted by Crippen LogP contribution is 2.31. The minimum atomic E-state index is -3.39. The molecular formula is C12H19NO3S2. The van der Waals surface area contributed by atoms with E-state index in [9.17, 15) is 13.5 Å². The van der Waals surface area contributed by atoms with Crippen molar-refractivity contribution in [1.82, 2.24) is 4.31 Å². The maximum absolute atomic E-state index is 12.5. The maximum atomic E-state index is 12.5. The first kappa shape index (κ1) is 14.0. The molecule has 2 heterocycles. The zero-order chi connectivity index (χ0) is 13.6. The Hall–Kier alpha value is -0.430. The molecule has 0 aliphatic carbocycles. The smallest absolute Gasteiger partial charge is 0.244 e. The molecule has 1 aliphatic heterocycles. The van der Waals surface area contributed by atoms with Crippen LogP contribution in [0, 0.1) is 13.8 Å². The van der Waals surface area contributed by atoms with Gasteiger partial charge in [0.25, 0.3) is 0 Å². The molecule has 4 nitrogen and oxygen atoms in total. The van der Waals surface area contributed by atoms with Gasteiger partial charge in [0.15, 0.2) is 0 Å². The normalized spacial score (nSPS) is 21.1. The minimum absolute atomic E-state index is 0.393. The van der Waals surface area contributed by atoms with E-state index in [0.29, 0.717) is 30.8 Å². The fraction of sp³-hybridized carbons (Fsp3) is 0.667. The lowest BCUT2D eigenvalue weighted by molar-refractivity contribution is 0.0126. The van der Waals surface area contributed by atoms with Crippen molar-refractivity contribution in [1.29, 1.82) is 0 Å². The van der Waals surface area contributed by atoms with Gasteiger partial charge >= 0.3 is 0 Å². The fourth-order valence-corrected chi connectivity index (χ4v) is 5.18. The number of nitrogens with zero attached hydrogens (tertiary/aromatic N) is 1. The summed E-state index contributed by atoms with van der Waals surface area (Å²) in [5, 5.41) is 9.87. The first-order chi connectivity index (χ1) is 8.22. The second-order valence-electron chi connectivity index (χ2n) is 5.18. The highest BCUT2D eigenvalue weighted by molar-refractivity contribution is 7.89. The van der Waals surface area contributed by atoms with Crippen LogP contribution in [-0.2, 0) is 10.0 Å². The zero-order valence-corrected chi connectivity index (χ0v) is 12.6. The van der Waals surface area contributed by atoms with Gasteiger partial charge in [0.05, 0.1) is 10.5 Å². The summed E-state index contributed by atoms with van der Waals surface area (Å²) in [4.78, 5) is 2.27. The third kappa shape index (κ3) is 2.61. The SMILES string of the molecule is Cc1cc(S(=O)(=O)N2CCC(C)(O)CC2)c(C)s1. The topological polar surface area (TPSA) is 57.6 Å². The van der Waals surface area contributed by atoms with Crippen molar-refractivity contribution < 1.29 is 13.5 Å². The van der Waals surface area contributed by atoms with Crippen molar-refractivity contribution in [2.24, 2.45) is 0 Å². The minimum Gasteiger partial charge on any atom is -0.390 e. The monoisotopic (exact) mass is 289 g/mol. The van der Waals surface area contributed by atoms with Gasteiger partial charge in [-0.15, -0.1) is 11.3 Å². The molecule has 0 spiro atoms. The van der Waals surface area contributed by atoms with Crippen molar-refractivity contribution in [3.63, 3.8) is 0 Å². The van der Waals surface area contributed by atoms with E-state index < -0.39 is 15.6 Å². The van der Waals surface area contributed by atoms with E-state index in [1.165, 1.54) is 15.6 Å². The Morgan fingerprint density at radius 1 is 1.33 bits per heavy atom. The zero-order valence-electron chi connectivity index (χ0n) is 10.9. The molecule has 0 atom stereocenters. The van der Waals surface area contributed by atoms with Crippen molar-refractivity contribution in [2.45, 2.75) is 44.1 Å². The van der Waals surface area contributed by atoms with Crippen LogP contribution in [-0.4, -0.2) is 36.5 Å². The molecule has 0 radical (unpaired) electrons. The summed E-state index contributed by atoms with van der Waals surface area (Å²) in [7, 11) is -3.39. The first-order valence-electron chi connectivity index (χ1n) is 6.02. The molecule has 0 amide bonds. The molecule has 1 fully saturated rings. The summed E-state index contributed by atoms with van der Waals surface area (Å²) >= 11 is 1.50. The summed E-state index contributed by atoms with van der Waals surface area (Å²) in [5.74, 6) is 0. The Bertz CT molecular complexity index is 536. The summed E-state index contributed by atoms with van der Waals surface area (Å²) in [6.07, 6.45) is 0.989. The van der Waals surface area contributed by atoms with Crippen LogP contribution in [0.15, 0.2) is 11.0 Å². The molecule has 0 unspecified atom stereocenters. The van der Waals surface area contributed by atoms with Gasteiger partial charge in [0.2, 0.25) is 10.0 Å². The Labute approximate surface area is 112 Å². The van der Waals surface area contributed by atoms with E-state index in [4.69, 9.17) is 0 Å². The molecule has 2 rings (SSSR count). The third-order valence-corrected chi connectivity index (χ3v) is 6.53. The predicted molar refractivity (Wildman–Crippen MR) is 72.4 cm³/mol. The highest BCUT2D eigenvalue weighted by atomic mass is 32.2.